The fourth-order valence-electron chi connectivity index (χ4n) is 4.49. The topological polar surface area (TPSA) is 112 Å². The fraction of sp³-hybridized carbons (Fsp3) is 0.897. The van der Waals surface area contributed by atoms with Crippen LogP contribution in [0, 0.1) is 16.2 Å². The van der Waals surface area contributed by atoms with Gasteiger partial charge in [0, 0.05) is 58.2 Å². The highest BCUT2D eigenvalue weighted by Gasteiger charge is 2.28. The van der Waals surface area contributed by atoms with Gasteiger partial charge in [0.2, 0.25) is 0 Å². The molecule has 0 spiro atoms. The number of rotatable bonds is 21. The summed E-state index contributed by atoms with van der Waals surface area (Å²) in [4.78, 5) is 41.7. The predicted octanol–water partition coefficient (Wildman–Crippen LogP) is 5.05. The molecular formula is C29H56N2O6S. The van der Waals surface area contributed by atoms with E-state index in [0.717, 1.165) is 25.9 Å². The van der Waals surface area contributed by atoms with Crippen LogP contribution in [-0.2, 0) is 24.5 Å². The first-order valence-electron chi connectivity index (χ1n) is 14.0. The minimum atomic E-state index is -4.16. The Hall–Kier alpha value is -1.16. The van der Waals surface area contributed by atoms with Crippen LogP contribution >= 0.6 is 0 Å². The van der Waals surface area contributed by atoms with Gasteiger partial charge in [0.05, 0.1) is 5.75 Å². The zero-order chi connectivity index (χ0) is 29.8. The summed E-state index contributed by atoms with van der Waals surface area (Å²) in [5.41, 5.74) is -0.868. The molecule has 0 unspecified atom stereocenters. The van der Waals surface area contributed by atoms with Crippen molar-refractivity contribution in [3.05, 3.63) is 0 Å². The average molecular weight is 561 g/mol. The van der Waals surface area contributed by atoms with Crippen LogP contribution < -0.4 is 0 Å². The maximum absolute atomic E-state index is 12.6. The van der Waals surface area contributed by atoms with Crippen molar-refractivity contribution >= 4 is 27.5 Å². The minimum absolute atomic E-state index is 0.00106. The summed E-state index contributed by atoms with van der Waals surface area (Å²) in [6, 6.07) is 0. The zero-order valence-corrected chi connectivity index (χ0v) is 26.5. The lowest BCUT2D eigenvalue weighted by atomic mass is 9.84. The molecule has 9 heteroatoms. The second-order valence-electron chi connectivity index (χ2n) is 13.9. The number of hydrogen-bond acceptors (Lipinski definition) is 7. The van der Waals surface area contributed by atoms with E-state index in [1.165, 1.54) is 0 Å². The number of carbonyl (C=O) groups is 3. The maximum Gasteiger partial charge on any atom is 0.265 e. The molecule has 0 heterocycles. The Morgan fingerprint density at radius 3 is 1.58 bits per heavy atom. The van der Waals surface area contributed by atoms with Crippen LogP contribution in [0.1, 0.15) is 107 Å². The van der Waals surface area contributed by atoms with Gasteiger partial charge in [-0.3, -0.25) is 18.9 Å². The van der Waals surface area contributed by atoms with Crippen molar-refractivity contribution in [2.45, 2.75) is 107 Å². The molecule has 0 radical (unpaired) electrons. The SMILES string of the molecule is CCC(C)(C)CC(=O)CCN(CCCN(C)CCC(=O)CC(C)(C)C)CCC(=O)CC(C)(C)CS(=O)(=O)O. The van der Waals surface area contributed by atoms with Crippen molar-refractivity contribution in [1.82, 2.24) is 9.80 Å². The second-order valence-corrected chi connectivity index (χ2v) is 15.3. The monoisotopic (exact) mass is 560 g/mol. The molecular weight excluding hydrogens is 504 g/mol. The van der Waals surface area contributed by atoms with Gasteiger partial charge in [-0.05, 0) is 42.8 Å². The van der Waals surface area contributed by atoms with Gasteiger partial charge in [-0.15, -0.1) is 0 Å². The fourth-order valence-corrected chi connectivity index (χ4v) is 5.58. The van der Waals surface area contributed by atoms with E-state index in [1.54, 1.807) is 13.8 Å². The second kappa shape index (κ2) is 16.2. The van der Waals surface area contributed by atoms with Crippen molar-refractivity contribution in [3.63, 3.8) is 0 Å². The molecule has 0 atom stereocenters. The van der Waals surface area contributed by atoms with E-state index in [4.69, 9.17) is 4.55 Å². The highest BCUT2D eigenvalue weighted by molar-refractivity contribution is 7.85. The molecule has 38 heavy (non-hydrogen) atoms. The van der Waals surface area contributed by atoms with Crippen molar-refractivity contribution in [1.29, 1.82) is 0 Å². The van der Waals surface area contributed by atoms with E-state index in [2.05, 4.69) is 51.3 Å². The molecule has 0 aliphatic rings. The Bertz CT molecular complexity index is 859. The number of ketones is 3. The Kier molecular flexibility index (Phi) is 15.7. The van der Waals surface area contributed by atoms with Gasteiger partial charge < -0.3 is 9.80 Å². The smallest absolute Gasteiger partial charge is 0.265 e. The summed E-state index contributed by atoms with van der Waals surface area (Å²) in [5.74, 6) is -0.0228. The molecule has 0 amide bonds. The molecule has 8 nitrogen and oxygen atoms in total. The molecule has 0 aliphatic heterocycles. The normalized spacial score (nSPS) is 13.4. The van der Waals surface area contributed by atoms with Crippen molar-refractivity contribution < 1.29 is 27.4 Å². The highest BCUT2D eigenvalue weighted by Crippen LogP contribution is 2.26. The van der Waals surface area contributed by atoms with Gasteiger partial charge in [-0.1, -0.05) is 61.8 Å². The molecule has 1 N–H and O–H groups in total. The third-order valence-electron chi connectivity index (χ3n) is 6.81. The molecule has 0 fully saturated rings. The summed E-state index contributed by atoms with van der Waals surface area (Å²) < 4.78 is 31.7. The van der Waals surface area contributed by atoms with Crippen LogP contribution in [0.4, 0.5) is 0 Å². The standard InChI is InChI=1S/C29H56N2O6S/c1-10-28(5,6)21-25(33)13-18-31(19-14-26(34)22-29(7,8)23-38(35,36)37)16-11-15-30(9)17-12-24(32)20-27(2,3)4/h10-23H2,1-9H3,(H,35,36,37). The van der Waals surface area contributed by atoms with Crippen molar-refractivity contribution in [2.75, 3.05) is 45.5 Å². The number of carbonyl (C=O) groups excluding carboxylic acids is 3. The van der Waals surface area contributed by atoms with E-state index in [9.17, 15) is 22.8 Å². The molecule has 0 bridgehead atoms. The minimum Gasteiger partial charge on any atom is -0.306 e. The maximum atomic E-state index is 12.6. The first-order chi connectivity index (χ1) is 17.1. The Balaban J connectivity index is 4.91. The summed E-state index contributed by atoms with van der Waals surface area (Å²) in [6.07, 6.45) is 4.19. The summed E-state index contributed by atoms with van der Waals surface area (Å²) in [5, 5.41) is 0. The number of nitrogens with zero attached hydrogens (tertiary/aromatic N) is 2. The summed E-state index contributed by atoms with van der Waals surface area (Å²) >= 11 is 0. The van der Waals surface area contributed by atoms with Crippen LogP contribution in [-0.4, -0.2) is 85.6 Å². The quantitative estimate of drug-likeness (QED) is 0.194. The first-order valence-corrected chi connectivity index (χ1v) is 15.7. The molecule has 0 aromatic carbocycles. The van der Waals surface area contributed by atoms with Crippen molar-refractivity contribution in [2.24, 2.45) is 16.2 Å². The molecule has 0 aliphatic carbocycles. The molecule has 224 valence electrons. The summed E-state index contributed by atoms with van der Waals surface area (Å²) in [7, 11) is -2.15. The van der Waals surface area contributed by atoms with Crippen LogP contribution in [0.3, 0.4) is 0 Å². The predicted molar refractivity (Wildman–Crippen MR) is 155 cm³/mol. The van der Waals surface area contributed by atoms with Gasteiger partial charge in [0.1, 0.15) is 17.3 Å². The van der Waals surface area contributed by atoms with Crippen LogP contribution in [0.15, 0.2) is 0 Å². The van der Waals surface area contributed by atoms with Crippen LogP contribution in [0.2, 0.25) is 0 Å². The third kappa shape index (κ3) is 20.8. The van der Waals surface area contributed by atoms with E-state index in [-0.39, 0.29) is 41.0 Å². The van der Waals surface area contributed by atoms with E-state index in [1.807, 2.05) is 7.05 Å². The molecule has 0 rings (SSSR count). The Morgan fingerprint density at radius 1 is 0.684 bits per heavy atom. The van der Waals surface area contributed by atoms with Crippen molar-refractivity contribution in [3.8, 4) is 0 Å². The molecule has 0 aromatic rings. The van der Waals surface area contributed by atoms with Gasteiger partial charge in [0.15, 0.2) is 0 Å². The molecule has 0 saturated carbocycles. The highest BCUT2D eigenvalue weighted by atomic mass is 32.2. The largest absolute Gasteiger partial charge is 0.306 e. The lowest BCUT2D eigenvalue weighted by molar-refractivity contribution is -0.122. The Labute approximate surface area is 233 Å². The molecule has 0 saturated heterocycles. The average Bonchev–Trinajstić information content (AvgIpc) is 2.70. The van der Waals surface area contributed by atoms with Gasteiger partial charge in [-0.2, -0.15) is 8.42 Å². The molecule has 0 aromatic heterocycles. The Morgan fingerprint density at radius 2 is 1.13 bits per heavy atom. The summed E-state index contributed by atoms with van der Waals surface area (Å²) in [6.45, 7) is 19.1. The lowest BCUT2D eigenvalue weighted by Crippen LogP contribution is -2.34. The number of Topliss-reactive ketones (excluding diaryl/α,β-unsaturated/α-hetero) is 3. The van der Waals surface area contributed by atoms with E-state index in [0.29, 0.717) is 45.3 Å². The third-order valence-corrected chi connectivity index (χ3v) is 7.96. The van der Waals surface area contributed by atoms with Crippen LogP contribution in [0.25, 0.3) is 0 Å². The lowest BCUT2D eigenvalue weighted by Gasteiger charge is -2.26. The van der Waals surface area contributed by atoms with Gasteiger partial charge in [0.25, 0.3) is 10.1 Å². The van der Waals surface area contributed by atoms with E-state index >= 15 is 0 Å². The van der Waals surface area contributed by atoms with Crippen LogP contribution in [0.5, 0.6) is 0 Å². The first kappa shape index (κ1) is 36.8. The van der Waals surface area contributed by atoms with Gasteiger partial charge in [-0.25, -0.2) is 0 Å². The zero-order valence-electron chi connectivity index (χ0n) is 25.7. The number of hydrogen-bond donors (Lipinski definition) is 1. The van der Waals surface area contributed by atoms with E-state index < -0.39 is 21.3 Å². The van der Waals surface area contributed by atoms with Gasteiger partial charge >= 0.3 is 0 Å².